The summed E-state index contributed by atoms with van der Waals surface area (Å²) in [6.07, 6.45) is 2.30. The van der Waals surface area contributed by atoms with Crippen molar-refractivity contribution in [2.45, 2.75) is 25.8 Å². The van der Waals surface area contributed by atoms with Gasteiger partial charge in [0.1, 0.15) is 0 Å². The Labute approximate surface area is 111 Å². The van der Waals surface area contributed by atoms with Gasteiger partial charge in [-0.05, 0) is 29.7 Å². The standard InChI is InChI=1S/C14H16ClNS/c1-2-3-10-4-6-11(7-5-10)14(16)12-8-9-13(15)17-12/h4-9,14H,2-3,16H2,1H3. The molecule has 90 valence electrons. The van der Waals surface area contributed by atoms with Crippen LogP contribution in [0.25, 0.3) is 0 Å². The van der Waals surface area contributed by atoms with Gasteiger partial charge >= 0.3 is 0 Å². The molecular formula is C14H16ClNS. The molecule has 0 aliphatic heterocycles. The van der Waals surface area contributed by atoms with E-state index >= 15 is 0 Å². The maximum absolute atomic E-state index is 6.21. The molecule has 1 unspecified atom stereocenters. The van der Waals surface area contributed by atoms with Gasteiger partial charge < -0.3 is 5.73 Å². The molecule has 2 aromatic rings. The van der Waals surface area contributed by atoms with Gasteiger partial charge in [-0.1, -0.05) is 49.2 Å². The SMILES string of the molecule is CCCc1ccc(C(N)c2ccc(Cl)s2)cc1. The molecule has 2 N–H and O–H groups in total. The van der Waals surface area contributed by atoms with Gasteiger partial charge in [-0.3, -0.25) is 0 Å². The summed E-state index contributed by atoms with van der Waals surface area (Å²) in [5.74, 6) is 0. The number of aryl methyl sites for hydroxylation is 1. The van der Waals surface area contributed by atoms with Crippen molar-refractivity contribution in [2.75, 3.05) is 0 Å². The van der Waals surface area contributed by atoms with Crippen LogP contribution >= 0.6 is 22.9 Å². The minimum absolute atomic E-state index is 0.0665. The molecule has 0 saturated carbocycles. The Kier molecular flexibility index (Phi) is 4.21. The second-order valence-corrected chi connectivity index (χ2v) is 5.86. The van der Waals surface area contributed by atoms with Crippen LogP contribution < -0.4 is 5.73 Å². The molecule has 2 rings (SSSR count). The fraction of sp³-hybridized carbons (Fsp3) is 0.286. The maximum Gasteiger partial charge on any atom is 0.0931 e. The number of nitrogens with two attached hydrogens (primary N) is 1. The minimum atomic E-state index is -0.0665. The van der Waals surface area contributed by atoms with E-state index in [4.69, 9.17) is 17.3 Å². The molecule has 3 heteroatoms. The number of thiophene rings is 1. The Hall–Kier alpha value is -0.830. The first-order valence-electron chi connectivity index (χ1n) is 5.80. The van der Waals surface area contributed by atoms with Crippen LogP contribution in [0.3, 0.4) is 0 Å². The molecule has 0 radical (unpaired) electrons. The predicted molar refractivity (Wildman–Crippen MR) is 75.8 cm³/mol. The van der Waals surface area contributed by atoms with Crippen molar-refractivity contribution in [3.05, 3.63) is 56.7 Å². The molecule has 17 heavy (non-hydrogen) atoms. The fourth-order valence-corrected chi connectivity index (χ4v) is 2.93. The van der Waals surface area contributed by atoms with Crippen LogP contribution in [-0.2, 0) is 6.42 Å². The van der Waals surface area contributed by atoms with Crippen LogP contribution in [0.4, 0.5) is 0 Å². The number of hydrogen-bond donors (Lipinski definition) is 1. The third kappa shape index (κ3) is 3.09. The smallest absolute Gasteiger partial charge is 0.0931 e. The van der Waals surface area contributed by atoms with Crippen LogP contribution in [0.15, 0.2) is 36.4 Å². The Morgan fingerprint density at radius 3 is 2.41 bits per heavy atom. The first-order chi connectivity index (χ1) is 8.20. The topological polar surface area (TPSA) is 26.0 Å². The van der Waals surface area contributed by atoms with E-state index in [1.54, 1.807) is 11.3 Å². The zero-order valence-electron chi connectivity index (χ0n) is 9.82. The van der Waals surface area contributed by atoms with E-state index in [-0.39, 0.29) is 6.04 Å². The monoisotopic (exact) mass is 265 g/mol. The van der Waals surface area contributed by atoms with Crippen molar-refractivity contribution in [3.63, 3.8) is 0 Å². The van der Waals surface area contributed by atoms with Crippen LogP contribution in [-0.4, -0.2) is 0 Å². The van der Waals surface area contributed by atoms with Gasteiger partial charge in [0.15, 0.2) is 0 Å². The second kappa shape index (κ2) is 5.67. The van der Waals surface area contributed by atoms with Gasteiger partial charge in [-0.2, -0.15) is 0 Å². The van der Waals surface area contributed by atoms with Crippen molar-refractivity contribution in [3.8, 4) is 0 Å². The minimum Gasteiger partial charge on any atom is -0.320 e. The lowest BCUT2D eigenvalue weighted by Gasteiger charge is -2.10. The summed E-state index contributed by atoms with van der Waals surface area (Å²) >= 11 is 7.47. The van der Waals surface area contributed by atoms with E-state index in [0.29, 0.717) is 0 Å². The highest BCUT2D eigenvalue weighted by atomic mass is 35.5. The summed E-state index contributed by atoms with van der Waals surface area (Å²) in [4.78, 5) is 1.11. The molecule has 1 nitrogen and oxygen atoms in total. The van der Waals surface area contributed by atoms with Gasteiger partial charge in [0, 0.05) is 4.88 Å². The summed E-state index contributed by atoms with van der Waals surface area (Å²) in [5.41, 5.74) is 8.72. The first kappa shape index (κ1) is 12.6. The molecule has 1 aromatic heterocycles. The largest absolute Gasteiger partial charge is 0.320 e. The average molecular weight is 266 g/mol. The summed E-state index contributed by atoms with van der Waals surface area (Å²) in [6, 6.07) is 12.4. The summed E-state index contributed by atoms with van der Waals surface area (Å²) in [5, 5.41) is 0. The zero-order chi connectivity index (χ0) is 12.3. The predicted octanol–water partition coefficient (Wildman–Crippen LogP) is 4.40. The highest BCUT2D eigenvalue weighted by Crippen LogP contribution is 2.29. The van der Waals surface area contributed by atoms with Crippen LogP contribution in [0.5, 0.6) is 0 Å². The molecule has 0 bridgehead atoms. The highest BCUT2D eigenvalue weighted by Gasteiger charge is 2.10. The van der Waals surface area contributed by atoms with E-state index in [2.05, 4.69) is 31.2 Å². The lowest BCUT2D eigenvalue weighted by atomic mass is 10.0. The molecule has 0 amide bonds. The quantitative estimate of drug-likeness (QED) is 0.871. The van der Waals surface area contributed by atoms with E-state index in [9.17, 15) is 0 Å². The zero-order valence-corrected chi connectivity index (χ0v) is 11.4. The number of halogens is 1. The third-order valence-corrected chi connectivity index (χ3v) is 4.09. The Morgan fingerprint density at radius 2 is 1.88 bits per heavy atom. The van der Waals surface area contributed by atoms with Gasteiger partial charge in [0.25, 0.3) is 0 Å². The number of hydrogen-bond acceptors (Lipinski definition) is 2. The Bertz CT molecular complexity index is 475. The van der Waals surface area contributed by atoms with Crippen LogP contribution in [0, 0.1) is 0 Å². The van der Waals surface area contributed by atoms with Crippen molar-refractivity contribution in [1.82, 2.24) is 0 Å². The van der Waals surface area contributed by atoms with Crippen LogP contribution in [0.2, 0.25) is 4.34 Å². The van der Waals surface area contributed by atoms with E-state index in [1.165, 1.54) is 12.0 Å². The van der Waals surface area contributed by atoms with Gasteiger partial charge in [-0.25, -0.2) is 0 Å². The number of rotatable bonds is 4. The molecule has 0 aliphatic carbocycles. The van der Waals surface area contributed by atoms with Crippen molar-refractivity contribution >= 4 is 22.9 Å². The van der Waals surface area contributed by atoms with Gasteiger partial charge in [0.05, 0.1) is 10.4 Å². The van der Waals surface area contributed by atoms with E-state index in [1.807, 2.05) is 12.1 Å². The molecular weight excluding hydrogens is 250 g/mol. The Morgan fingerprint density at radius 1 is 1.18 bits per heavy atom. The first-order valence-corrected chi connectivity index (χ1v) is 7.00. The van der Waals surface area contributed by atoms with E-state index < -0.39 is 0 Å². The van der Waals surface area contributed by atoms with Crippen molar-refractivity contribution in [1.29, 1.82) is 0 Å². The number of benzene rings is 1. The molecule has 1 heterocycles. The lowest BCUT2D eigenvalue weighted by Crippen LogP contribution is -2.09. The fourth-order valence-electron chi connectivity index (χ4n) is 1.84. The molecule has 0 aliphatic rings. The molecule has 0 spiro atoms. The lowest BCUT2D eigenvalue weighted by molar-refractivity contribution is 0.883. The van der Waals surface area contributed by atoms with Crippen molar-refractivity contribution < 1.29 is 0 Å². The Balaban J connectivity index is 2.16. The summed E-state index contributed by atoms with van der Waals surface area (Å²) < 4.78 is 0.790. The summed E-state index contributed by atoms with van der Waals surface area (Å²) in [7, 11) is 0. The third-order valence-electron chi connectivity index (χ3n) is 2.78. The average Bonchev–Trinajstić information content (AvgIpc) is 2.76. The van der Waals surface area contributed by atoms with E-state index in [0.717, 1.165) is 21.2 Å². The highest BCUT2D eigenvalue weighted by molar-refractivity contribution is 7.16. The molecule has 0 saturated heterocycles. The maximum atomic E-state index is 6.21. The van der Waals surface area contributed by atoms with Gasteiger partial charge in [-0.15, -0.1) is 11.3 Å². The second-order valence-electron chi connectivity index (χ2n) is 4.11. The molecule has 1 aromatic carbocycles. The summed E-state index contributed by atoms with van der Waals surface area (Å²) in [6.45, 7) is 2.19. The van der Waals surface area contributed by atoms with Gasteiger partial charge in [0.2, 0.25) is 0 Å². The van der Waals surface area contributed by atoms with Crippen molar-refractivity contribution in [2.24, 2.45) is 5.73 Å². The normalized spacial score (nSPS) is 12.6. The molecule has 1 atom stereocenters. The molecule has 0 fully saturated rings. The van der Waals surface area contributed by atoms with Crippen LogP contribution in [0.1, 0.15) is 35.4 Å².